The molecule has 1 N–H and O–H groups in total. The molecule has 0 radical (unpaired) electrons. The molecule has 0 bridgehead atoms. The van der Waals surface area contributed by atoms with Crippen LogP contribution in [-0.2, 0) is 0 Å². The molecule has 5 nitrogen and oxygen atoms in total. The van der Waals surface area contributed by atoms with Crippen molar-refractivity contribution in [2.24, 2.45) is 0 Å². The molecule has 0 aliphatic heterocycles. The molecule has 0 aliphatic rings. The highest BCUT2D eigenvalue weighted by Crippen LogP contribution is 2.30. The van der Waals surface area contributed by atoms with Crippen LogP contribution in [0.3, 0.4) is 0 Å². The molecule has 0 amide bonds. The second-order valence-corrected chi connectivity index (χ2v) is 4.63. The minimum absolute atomic E-state index is 0.335. The van der Waals surface area contributed by atoms with E-state index < -0.39 is 0 Å². The number of anilines is 2. The molecule has 0 unspecified atom stereocenters. The van der Waals surface area contributed by atoms with Gasteiger partial charge in [-0.15, -0.1) is 0 Å². The van der Waals surface area contributed by atoms with Crippen LogP contribution in [0, 0.1) is 11.3 Å². The van der Waals surface area contributed by atoms with Crippen molar-refractivity contribution in [2.45, 2.75) is 40.0 Å². The largest absolute Gasteiger partial charge is 0.370 e. The van der Waals surface area contributed by atoms with Gasteiger partial charge in [-0.2, -0.15) is 5.26 Å². The lowest BCUT2D eigenvalue weighted by atomic mass is 10.0. The predicted molar refractivity (Wildman–Crippen MR) is 78.4 cm³/mol. The van der Waals surface area contributed by atoms with Crippen molar-refractivity contribution in [3.05, 3.63) is 11.9 Å². The first kappa shape index (κ1) is 15.2. The number of aromatic nitrogens is 2. The van der Waals surface area contributed by atoms with Crippen LogP contribution in [0.15, 0.2) is 6.33 Å². The Morgan fingerprint density at radius 3 is 2.63 bits per heavy atom. The predicted octanol–water partition coefficient (Wildman–Crippen LogP) is 2.77. The molecule has 5 heteroatoms. The molecular weight excluding hydrogens is 238 g/mol. The fourth-order valence-electron chi connectivity index (χ4n) is 2.08. The van der Waals surface area contributed by atoms with Crippen LogP contribution in [0.5, 0.6) is 0 Å². The van der Waals surface area contributed by atoms with E-state index in [0.29, 0.717) is 18.9 Å². The van der Waals surface area contributed by atoms with Crippen LogP contribution in [0.1, 0.15) is 45.6 Å². The topological polar surface area (TPSA) is 64.8 Å². The average molecular weight is 261 g/mol. The van der Waals surface area contributed by atoms with Gasteiger partial charge in [0.25, 0.3) is 0 Å². The Hall–Kier alpha value is -1.83. The standard InChI is InChI=1S/C14H23N5/c1-5-16-13-12(11(3)4)14(18-10-17-13)19(6-2)9-7-8-15/h10-11H,5-7,9H2,1-4H3,(H,16,17,18). The van der Waals surface area contributed by atoms with Crippen LogP contribution in [0.4, 0.5) is 11.6 Å². The first-order valence-corrected chi connectivity index (χ1v) is 6.86. The van der Waals surface area contributed by atoms with Gasteiger partial charge in [0.15, 0.2) is 0 Å². The van der Waals surface area contributed by atoms with E-state index in [1.807, 2.05) is 0 Å². The molecule has 19 heavy (non-hydrogen) atoms. The third-order valence-corrected chi connectivity index (χ3v) is 2.96. The molecule has 1 heterocycles. The zero-order valence-corrected chi connectivity index (χ0v) is 12.3. The molecule has 1 rings (SSSR count). The summed E-state index contributed by atoms with van der Waals surface area (Å²) in [6, 6.07) is 2.19. The number of nitrogens with zero attached hydrogens (tertiary/aromatic N) is 4. The van der Waals surface area contributed by atoms with Gasteiger partial charge in [-0.3, -0.25) is 0 Å². The van der Waals surface area contributed by atoms with Crippen LogP contribution in [0.2, 0.25) is 0 Å². The van der Waals surface area contributed by atoms with Crippen molar-refractivity contribution >= 4 is 11.6 Å². The van der Waals surface area contributed by atoms with E-state index in [2.05, 4.69) is 53.9 Å². The number of rotatable bonds is 7. The molecule has 0 aromatic carbocycles. The molecule has 1 aromatic heterocycles. The summed E-state index contributed by atoms with van der Waals surface area (Å²) in [5, 5.41) is 12.0. The fourth-order valence-corrected chi connectivity index (χ4v) is 2.08. The van der Waals surface area contributed by atoms with E-state index in [9.17, 15) is 0 Å². The van der Waals surface area contributed by atoms with Crippen molar-refractivity contribution in [3.8, 4) is 6.07 Å². The molecular formula is C14H23N5. The summed E-state index contributed by atoms with van der Waals surface area (Å²) in [5.41, 5.74) is 1.13. The highest BCUT2D eigenvalue weighted by atomic mass is 15.2. The summed E-state index contributed by atoms with van der Waals surface area (Å²) in [7, 11) is 0. The summed E-state index contributed by atoms with van der Waals surface area (Å²) in [4.78, 5) is 10.9. The van der Waals surface area contributed by atoms with Gasteiger partial charge in [-0.05, 0) is 19.8 Å². The Balaban J connectivity index is 3.17. The normalized spacial score (nSPS) is 10.3. The van der Waals surface area contributed by atoms with Gasteiger partial charge in [-0.1, -0.05) is 13.8 Å². The first-order valence-electron chi connectivity index (χ1n) is 6.86. The fraction of sp³-hybridized carbons (Fsp3) is 0.643. The second kappa shape index (κ2) is 7.57. The molecule has 0 saturated carbocycles. The number of hydrogen-bond donors (Lipinski definition) is 1. The van der Waals surface area contributed by atoms with Gasteiger partial charge < -0.3 is 10.2 Å². The minimum atomic E-state index is 0.335. The van der Waals surface area contributed by atoms with E-state index in [1.165, 1.54) is 0 Å². The van der Waals surface area contributed by atoms with Crippen LogP contribution in [-0.4, -0.2) is 29.6 Å². The molecule has 0 fully saturated rings. The average Bonchev–Trinajstić information content (AvgIpc) is 2.40. The van der Waals surface area contributed by atoms with Gasteiger partial charge in [0.1, 0.15) is 18.0 Å². The zero-order valence-electron chi connectivity index (χ0n) is 12.3. The van der Waals surface area contributed by atoms with E-state index in [4.69, 9.17) is 5.26 Å². The highest BCUT2D eigenvalue weighted by molar-refractivity contribution is 5.60. The summed E-state index contributed by atoms with van der Waals surface area (Å²) in [5.74, 6) is 2.18. The van der Waals surface area contributed by atoms with Crippen molar-refractivity contribution < 1.29 is 0 Å². The molecule has 1 aromatic rings. The van der Waals surface area contributed by atoms with Crippen molar-refractivity contribution in [3.63, 3.8) is 0 Å². The van der Waals surface area contributed by atoms with Crippen LogP contribution >= 0.6 is 0 Å². The Bertz CT molecular complexity index is 436. The zero-order chi connectivity index (χ0) is 14.3. The summed E-state index contributed by atoms with van der Waals surface area (Å²) < 4.78 is 0. The van der Waals surface area contributed by atoms with Crippen LogP contribution in [0.25, 0.3) is 0 Å². The maximum Gasteiger partial charge on any atom is 0.137 e. The Kier molecular flexibility index (Phi) is 6.07. The third-order valence-electron chi connectivity index (χ3n) is 2.96. The summed E-state index contributed by atoms with van der Waals surface area (Å²) in [6.45, 7) is 10.8. The van der Waals surface area contributed by atoms with Crippen LogP contribution < -0.4 is 10.2 Å². The molecule has 0 atom stereocenters. The van der Waals surface area contributed by atoms with E-state index in [1.54, 1.807) is 6.33 Å². The quantitative estimate of drug-likeness (QED) is 0.817. The molecule has 0 saturated heterocycles. The number of hydrogen-bond acceptors (Lipinski definition) is 5. The van der Waals surface area contributed by atoms with Crippen molar-refractivity contribution in [1.29, 1.82) is 5.26 Å². The lowest BCUT2D eigenvalue weighted by molar-refractivity contribution is 0.771. The highest BCUT2D eigenvalue weighted by Gasteiger charge is 2.18. The lowest BCUT2D eigenvalue weighted by Crippen LogP contribution is -2.27. The minimum Gasteiger partial charge on any atom is -0.370 e. The van der Waals surface area contributed by atoms with Gasteiger partial charge in [0.2, 0.25) is 0 Å². The van der Waals surface area contributed by atoms with Crippen molar-refractivity contribution in [2.75, 3.05) is 29.9 Å². The SMILES string of the molecule is CCNc1ncnc(N(CC)CCC#N)c1C(C)C. The Labute approximate surface area is 115 Å². The third kappa shape index (κ3) is 3.82. The maximum atomic E-state index is 8.75. The molecule has 0 aliphatic carbocycles. The number of nitrogens with one attached hydrogen (secondary N) is 1. The second-order valence-electron chi connectivity index (χ2n) is 4.63. The van der Waals surface area contributed by atoms with E-state index in [0.717, 1.165) is 30.3 Å². The van der Waals surface area contributed by atoms with Gasteiger partial charge in [0, 0.05) is 25.2 Å². The molecule has 104 valence electrons. The smallest absolute Gasteiger partial charge is 0.137 e. The molecule has 0 spiro atoms. The monoisotopic (exact) mass is 261 g/mol. The lowest BCUT2D eigenvalue weighted by Gasteiger charge is -2.26. The first-order chi connectivity index (χ1) is 9.15. The van der Waals surface area contributed by atoms with E-state index >= 15 is 0 Å². The number of nitriles is 1. The van der Waals surface area contributed by atoms with Gasteiger partial charge in [-0.25, -0.2) is 9.97 Å². The van der Waals surface area contributed by atoms with Crippen molar-refractivity contribution in [1.82, 2.24) is 9.97 Å². The Morgan fingerprint density at radius 2 is 2.11 bits per heavy atom. The maximum absolute atomic E-state index is 8.75. The summed E-state index contributed by atoms with van der Waals surface area (Å²) in [6.07, 6.45) is 2.10. The van der Waals surface area contributed by atoms with E-state index in [-0.39, 0.29) is 0 Å². The summed E-state index contributed by atoms with van der Waals surface area (Å²) >= 11 is 0. The van der Waals surface area contributed by atoms with Gasteiger partial charge >= 0.3 is 0 Å². The Morgan fingerprint density at radius 1 is 1.37 bits per heavy atom. The van der Waals surface area contributed by atoms with Gasteiger partial charge in [0.05, 0.1) is 12.5 Å².